The molecule has 0 aliphatic heterocycles. The SMILES string of the molecule is Cc1ccc(S(=O)(=O)Nc2cc(N/N=C(\C#N)C(=N)N)c(Cl)cc2Cl)cc1. The van der Waals surface area contributed by atoms with Gasteiger partial charge in [-0.15, -0.1) is 0 Å². The Bertz CT molecular complexity index is 1060. The highest BCUT2D eigenvalue weighted by Crippen LogP contribution is 2.34. The smallest absolute Gasteiger partial charge is 0.261 e. The third kappa shape index (κ3) is 5.10. The summed E-state index contributed by atoms with van der Waals surface area (Å²) in [5.74, 6) is -0.532. The van der Waals surface area contributed by atoms with Gasteiger partial charge in [0.05, 0.1) is 26.3 Å². The third-order valence-electron chi connectivity index (χ3n) is 3.28. The summed E-state index contributed by atoms with van der Waals surface area (Å²) in [5, 5.41) is 19.9. The highest BCUT2D eigenvalue weighted by molar-refractivity contribution is 7.92. The van der Waals surface area contributed by atoms with Crippen LogP contribution in [-0.4, -0.2) is 20.0 Å². The van der Waals surface area contributed by atoms with Gasteiger partial charge in [0.1, 0.15) is 6.07 Å². The molecule has 11 heteroatoms. The molecule has 0 aromatic heterocycles. The summed E-state index contributed by atoms with van der Waals surface area (Å²) in [4.78, 5) is 0.0648. The van der Waals surface area contributed by atoms with Crippen LogP contribution < -0.4 is 15.9 Å². The first-order valence-corrected chi connectivity index (χ1v) is 9.54. The summed E-state index contributed by atoms with van der Waals surface area (Å²) in [5.41, 5.74) is 8.45. The Morgan fingerprint density at radius 1 is 1.19 bits per heavy atom. The van der Waals surface area contributed by atoms with Crippen molar-refractivity contribution in [3.05, 3.63) is 52.0 Å². The number of amidine groups is 1. The lowest BCUT2D eigenvalue weighted by Gasteiger charge is -2.13. The van der Waals surface area contributed by atoms with E-state index in [1.54, 1.807) is 18.2 Å². The van der Waals surface area contributed by atoms with Crippen molar-refractivity contribution in [1.29, 1.82) is 10.7 Å². The van der Waals surface area contributed by atoms with Crippen LogP contribution in [0.1, 0.15) is 5.56 Å². The summed E-state index contributed by atoms with van der Waals surface area (Å²) in [7, 11) is -3.88. The highest BCUT2D eigenvalue weighted by atomic mass is 35.5. The quantitative estimate of drug-likeness (QED) is 0.319. The Morgan fingerprint density at radius 3 is 2.33 bits per heavy atom. The minimum absolute atomic E-state index is 0.0562. The number of nitrogens with two attached hydrogens (primary N) is 1. The number of anilines is 2. The molecule has 0 fully saturated rings. The number of aryl methyl sites for hydroxylation is 1. The Balaban J connectivity index is 2.36. The monoisotopic (exact) mass is 424 g/mol. The molecule has 0 spiro atoms. The zero-order valence-corrected chi connectivity index (χ0v) is 16.2. The molecule has 0 atom stereocenters. The van der Waals surface area contributed by atoms with Crippen molar-refractivity contribution in [2.45, 2.75) is 11.8 Å². The molecular weight excluding hydrogens is 411 g/mol. The fraction of sp³-hybridized carbons (Fsp3) is 0.0625. The second-order valence-electron chi connectivity index (χ2n) is 5.33. The largest absolute Gasteiger partial charge is 0.382 e. The van der Waals surface area contributed by atoms with Gasteiger partial charge in [-0.25, -0.2) is 8.42 Å². The predicted molar refractivity (Wildman–Crippen MR) is 107 cm³/mol. The van der Waals surface area contributed by atoms with Crippen LogP contribution in [0.25, 0.3) is 0 Å². The van der Waals surface area contributed by atoms with Crippen LogP contribution in [-0.2, 0) is 10.0 Å². The van der Waals surface area contributed by atoms with E-state index >= 15 is 0 Å². The van der Waals surface area contributed by atoms with E-state index in [4.69, 9.17) is 39.6 Å². The van der Waals surface area contributed by atoms with Crippen molar-refractivity contribution in [2.24, 2.45) is 10.8 Å². The molecule has 0 aliphatic carbocycles. The Labute approximate surface area is 166 Å². The van der Waals surface area contributed by atoms with Gasteiger partial charge in [-0.05, 0) is 31.2 Å². The highest BCUT2D eigenvalue weighted by Gasteiger charge is 2.17. The summed E-state index contributed by atoms with van der Waals surface area (Å²) in [6.07, 6.45) is 0. The van der Waals surface area contributed by atoms with Crippen LogP contribution in [0.3, 0.4) is 0 Å². The van der Waals surface area contributed by atoms with Crippen molar-refractivity contribution in [3.63, 3.8) is 0 Å². The number of nitrogens with zero attached hydrogens (tertiary/aromatic N) is 2. The number of halogens is 2. The van der Waals surface area contributed by atoms with Crippen LogP contribution >= 0.6 is 23.2 Å². The predicted octanol–water partition coefficient (Wildman–Crippen LogP) is 3.33. The number of hydrazone groups is 1. The van der Waals surface area contributed by atoms with Crippen molar-refractivity contribution in [3.8, 4) is 6.07 Å². The number of nitriles is 1. The van der Waals surface area contributed by atoms with Crippen molar-refractivity contribution in [2.75, 3.05) is 10.1 Å². The summed E-state index contributed by atoms with van der Waals surface area (Å²) in [6, 6.07) is 10.5. The van der Waals surface area contributed by atoms with Gasteiger partial charge in [0.15, 0.2) is 5.84 Å². The van der Waals surface area contributed by atoms with Crippen molar-refractivity contribution < 1.29 is 8.42 Å². The van der Waals surface area contributed by atoms with Crippen LogP contribution in [0.15, 0.2) is 46.4 Å². The summed E-state index contributed by atoms with van der Waals surface area (Å²) >= 11 is 12.1. The van der Waals surface area contributed by atoms with Crippen LogP contribution in [0.5, 0.6) is 0 Å². The van der Waals surface area contributed by atoms with Crippen LogP contribution in [0.4, 0.5) is 11.4 Å². The molecule has 0 heterocycles. The molecule has 5 N–H and O–H groups in total. The second-order valence-corrected chi connectivity index (χ2v) is 7.82. The molecule has 0 amide bonds. The van der Waals surface area contributed by atoms with Gasteiger partial charge in [0.25, 0.3) is 10.0 Å². The molecule has 2 rings (SSSR count). The lowest BCUT2D eigenvalue weighted by atomic mass is 10.2. The topological polar surface area (TPSA) is 144 Å². The lowest BCUT2D eigenvalue weighted by molar-refractivity contribution is 0.601. The molecule has 0 radical (unpaired) electrons. The molecule has 0 unspecified atom stereocenters. The Hall–Kier alpha value is -2.80. The molecule has 27 heavy (non-hydrogen) atoms. The maximum atomic E-state index is 12.5. The normalized spacial score (nSPS) is 11.6. The van der Waals surface area contributed by atoms with Gasteiger partial charge in [-0.2, -0.15) is 10.4 Å². The minimum atomic E-state index is -3.88. The number of hydrogen-bond donors (Lipinski definition) is 4. The third-order valence-corrected chi connectivity index (χ3v) is 5.29. The van der Waals surface area contributed by atoms with Gasteiger partial charge < -0.3 is 5.73 Å². The average molecular weight is 425 g/mol. The number of sulfonamides is 1. The van der Waals surface area contributed by atoms with E-state index in [0.29, 0.717) is 0 Å². The van der Waals surface area contributed by atoms with Gasteiger partial charge in [0.2, 0.25) is 5.71 Å². The molecule has 0 aliphatic rings. The number of benzene rings is 2. The first kappa shape index (κ1) is 20.5. The number of hydrogen-bond acceptors (Lipinski definition) is 6. The van der Waals surface area contributed by atoms with Gasteiger partial charge >= 0.3 is 0 Å². The zero-order valence-electron chi connectivity index (χ0n) is 13.9. The van der Waals surface area contributed by atoms with E-state index in [1.165, 1.54) is 24.3 Å². The van der Waals surface area contributed by atoms with Gasteiger partial charge in [-0.3, -0.25) is 15.6 Å². The zero-order chi connectivity index (χ0) is 20.2. The maximum Gasteiger partial charge on any atom is 0.261 e. The Morgan fingerprint density at radius 2 is 1.78 bits per heavy atom. The number of nitrogens with one attached hydrogen (secondary N) is 3. The van der Waals surface area contributed by atoms with E-state index in [9.17, 15) is 8.42 Å². The standard InChI is InChI=1S/C16H14Cl2N6O2S/c1-9-2-4-10(5-3-9)27(25,26)24-14-7-13(11(17)6-12(14)18)22-23-15(8-19)16(20)21/h2-7,22,24H,1H3,(H3,20,21)/b23-15+. The fourth-order valence-corrected chi connectivity index (χ4v) is 3.49. The van der Waals surface area contributed by atoms with Crippen molar-refractivity contribution >= 4 is 56.1 Å². The van der Waals surface area contributed by atoms with Gasteiger partial charge in [-0.1, -0.05) is 40.9 Å². The maximum absolute atomic E-state index is 12.5. The Kier molecular flexibility index (Phi) is 6.28. The molecule has 8 nitrogen and oxygen atoms in total. The van der Waals surface area contributed by atoms with E-state index in [0.717, 1.165) is 5.56 Å². The molecule has 0 saturated carbocycles. The van der Waals surface area contributed by atoms with Gasteiger partial charge in [0, 0.05) is 0 Å². The van der Waals surface area contributed by atoms with E-state index in [2.05, 4.69) is 15.2 Å². The number of rotatable bonds is 6. The second kappa shape index (κ2) is 8.26. The summed E-state index contributed by atoms with van der Waals surface area (Å²) in [6.45, 7) is 1.84. The first-order chi connectivity index (χ1) is 12.6. The molecule has 140 valence electrons. The molecule has 2 aromatic rings. The van der Waals surface area contributed by atoms with Crippen molar-refractivity contribution in [1.82, 2.24) is 0 Å². The fourth-order valence-electron chi connectivity index (χ4n) is 1.90. The van der Waals surface area contributed by atoms with Crippen LogP contribution in [0, 0.1) is 23.7 Å². The molecule has 0 bridgehead atoms. The molecule has 2 aromatic carbocycles. The lowest BCUT2D eigenvalue weighted by Crippen LogP contribution is -2.22. The minimum Gasteiger partial charge on any atom is -0.382 e. The van der Waals surface area contributed by atoms with Crippen LogP contribution in [0.2, 0.25) is 10.0 Å². The van der Waals surface area contributed by atoms with E-state index < -0.39 is 15.9 Å². The van der Waals surface area contributed by atoms with E-state index in [1.807, 2.05) is 6.92 Å². The first-order valence-electron chi connectivity index (χ1n) is 7.31. The van der Waals surface area contributed by atoms with E-state index in [-0.39, 0.29) is 32.0 Å². The average Bonchev–Trinajstić information content (AvgIpc) is 2.59. The molecular formula is C16H14Cl2N6O2S. The molecule has 0 saturated heterocycles. The summed E-state index contributed by atoms with van der Waals surface area (Å²) < 4.78 is 27.4.